The van der Waals surface area contributed by atoms with Gasteiger partial charge < -0.3 is 4.57 Å². The van der Waals surface area contributed by atoms with Gasteiger partial charge in [-0.2, -0.15) is 5.10 Å². The lowest BCUT2D eigenvalue weighted by Gasteiger charge is -2.22. The van der Waals surface area contributed by atoms with Gasteiger partial charge in [-0.25, -0.2) is 18.1 Å². The third-order valence-corrected chi connectivity index (χ3v) is 5.14. The Labute approximate surface area is 123 Å². The number of hydrogen-bond donors (Lipinski definition) is 2. The van der Waals surface area contributed by atoms with Crippen molar-refractivity contribution < 1.29 is 8.42 Å². The summed E-state index contributed by atoms with van der Waals surface area (Å²) >= 11 is 0. The molecule has 0 radical (unpaired) electrons. The Bertz CT molecular complexity index is 731. The van der Waals surface area contributed by atoms with Crippen LogP contribution in [0, 0.1) is 0 Å². The molecular weight excluding hydrogens is 290 g/mol. The Kier molecular flexibility index (Phi) is 3.58. The van der Waals surface area contributed by atoms with Crippen molar-refractivity contribution in [2.24, 2.45) is 0 Å². The van der Waals surface area contributed by atoms with Crippen LogP contribution in [0.5, 0.6) is 0 Å². The van der Waals surface area contributed by atoms with Gasteiger partial charge in [-0.15, -0.1) is 0 Å². The van der Waals surface area contributed by atoms with E-state index < -0.39 is 10.0 Å². The second-order valence-electron chi connectivity index (χ2n) is 5.63. The Morgan fingerprint density at radius 3 is 3.00 bits per heavy atom. The highest BCUT2D eigenvalue weighted by atomic mass is 32.2. The van der Waals surface area contributed by atoms with E-state index in [4.69, 9.17) is 0 Å². The number of nitrogens with one attached hydrogen (secondary N) is 2. The molecule has 1 atom stereocenters. The summed E-state index contributed by atoms with van der Waals surface area (Å²) in [6.45, 7) is 3.95. The first-order chi connectivity index (χ1) is 9.97. The molecule has 1 aliphatic carbocycles. The third-order valence-electron chi connectivity index (χ3n) is 3.79. The molecule has 0 spiro atoms. The van der Waals surface area contributed by atoms with Crippen LogP contribution in [0.15, 0.2) is 23.7 Å². The van der Waals surface area contributed by atoms with Crippen LogP contribution in [0.3, 0.4) is 0 Å². The first-order valence-electron chi connectivity index (χ1n) is 7.05. The Balaban J connectivity index is 1.84. The Hall–Kier alpha value is -1.67. The summed E-state index contributed by atoms with van der Waals surface area (Å²) in [6.07, 6.45) is 7.51. The molecule has 0 aromatic carbocycles. The van der Waals surface area contributed by atoms with Crippen molar-refractivity contribution in [1.82, 2.24) is 24.5 Å². The largest absolute Gasteiger partial charge is 0.334 e. The van der Waals surface area contributed by atoms with E-state index in [2.05, 4.69) is 19.9 Å². The van der Waals surface area contributed by atoms with E-state index in [1.54, 1.807) is 23.3 Å². The molecule has 0 fully saturated rings. The summed E-state index contributed by atoms with van der Waals surface area (Å²) in [6, 6.07) is -0.0826. The predicted molar refractivity (Wildman–Crippen MR) is 77.2 cm³/mol. The molecule has 2 heterocycles. The number of sulfonamides is 1. The van der Waals surface area contributed by atoms with Gasteiger partial charge in [0, 0.05) is 12.2 Å². The lowest BCUT2D eigenvalue weighted by atomic mass is 9.94. The zero-order chi connectivity index (χ0) is 15.0. The molecule has 0 saturated heterocycles. The zero-order valence-electron chi connectivity index (χ0n) is 12.1. The maximum absolute atomic E-state index is 12.4. The molecule has 0 unspecified atom stereocenters. The number of aromatic nitrogens is 4. The van der Waals surface area contributed by atoms with Gasteiger partial charge in [-0.3, -0.25) is 5.10 Å². The molecule has 8 heteroatoms. The molecule has 114 valence electrons. The summed E-state index contributed by atoms with van der Waals surface area (Å²) in [5.74, 6) is 0. The van der Waals surface area contributed by atoms with E-state index in [1.165, 1.54) is 0 Å². The highest BCUT2D eigenvalue weighted by Crippen LogP contribution is 2.28. The molecule has 3 rings (SSSR count). The number of aryl methyl sites for hydroxylation is 1. The molecule has 2 N–H and O–H groups in total. The molecule has 0 aliphatic heterocycles. The maximum atomic E-state index is 12.4. The van der Waals surface area contributed by atoms with Gasteiger partial charge in [0.15, 0.2) is 5.03 Å². The fraction of sp³-hybridized carbons (Fsp3) is 0.538. The monoisotopic (exact) mass is 309 g/mol. The van der Waals surface area contributed by atoms with Gasteiger partial charge >= 0.3 is 0 Å². The lowest BCUT2D eigenvalue weighted by molar-refractivity contribution is 0.497. The van der Waals surface area contributed by atoms with Crippen LogP contribution < -0.4 is 4.72 Å². The van der Waals surface area contributed by atoms with Crippen molar-refractivity contribution in [3.63, 3.8) is 0 Å². The van der Waals surface area contributed by atoms with E-state index >= 15 is 0 Å². The number of fused-ring (bicyclic) bond motifs is 1. The summed E-state index contributed by atoms with van der Waals surface area (Å²) in [5.41, 5.74) is 1.95. The van der Waals surface area contributed by atoms with Gasteiger partial charge in [0.1, 0.15) is 0 Å². The minimum absolute atomic E-state index is 0.0582. The van der Waals surface area contributed by atoms with Crippen molar-refractivity contribution in [3.8, 4) is 0 Å². The molecule has 1 aliphatic rings. The first kappa shape index (κ1) is 14.3. The van der Waals surface area contributed by atoms with Crippen LogP contribution in [-0.4, -0.2) is 28.2 Å². The molecule has 2 aromatic heterocycles. The quantitative estimate of drug-likeness (QED) is 0.896. The van der Waals surface area contributed by atoms with Gasteiger partial charge in [0.2, 0.25) is 0 Å². The minimum atomic E-state index is -3.62. The fourth-order valence-electron chi connectivity index (χ4n) is 2.57. The summed E-state index contributed by atoms with van der Waals surface area (Å²) < 4.78 is 29.4. The van der Waals surface area contributed by atoms with Gasteiger partial charge in [-0.05, 0) is 38.7 Å². The first-order valence-corrected chi connectivity index (χ1v) is 8.53. The number of imidazole rings is 1. The highest BCUT2D eigenvalue weighted by Gasteiger charge is 2.28. The molecule has 0 bridgehead atoms. The Morgan fingerprint density at radius 1 is 1.48 bits per heavy atom. The molecule has 2 aromatic rings. The van der Waals surface area contributed by atoms with Crippen molar-refractivity contribution in [2.75, 3.05) is 0 Å². The zero-order valence-corrected chi connectivity index (χ0v) is 12.9. The fourth-order valence-corrected chi connectivity index (χ4v) is 3.74. The van der Waals surface area contributed by atoms with Crippen LogP contribution in [0.2, 0.25) is 0 Å². The SMILES string of the molecule is CC(C)n1cnc(S(=O)(=O)N[C@@H]2CCCc3cn[nH]c32)c1. The number of nitrogens with zero attached hydrogens (tertiary/aromatic N) is 3. The van der Waals surface area contributed by atoms with Crippen LogP contribution in [0.4, 0.5) is 0 Å². The van der Waals surface area contributed by atoms with Crippen LogP contribution in [0.1, 0.15) is 50.0 Å². The van der Waals surface area contributed by atoms with E-state index in [1.807, 2.05) is 13.8 Å². The second kappa shape index (κ2) is 5.27. The number of rotatable bonds is 4. The van der Waals surface area contributed by atoms with Crippen LogP contribution in [0.25, 0.3) is 0 Å². The normalized spacial score (nSPS) is 18.9. The Morgan fingerprint density at radius 2 is 2.29 bits per heavy atom. The topological polar surface area (TPSA) is 92.7 Å². The summed E-state index contributed by atoms with van der Waals surface area (Å²) in [5, 5.41) is 6.97. The average molecular weight is 309 g/mol. The smallest absolute Gasteiger partial charge is 0.260 e. The van der Waals surface area contributed by atoms with Gasteiger partial charge in [0.05, 0.1) is 24.3 Å². The second-order valence-corrected chi connectivity index (χ2v) is 7.29. The number of hydrogen-bond acceptors (Lipinski definition) is 4. The molecule has 0 saturated carbocycles. The molecule has 21 heavy (non-hydrogen) atoms. The third kappa shape index (κ3) is 2.73. The highest BCUT2D eigenvalue weighted by molar-refractivity contribution is 7.89. The summed E-state index contributed by atoms with van der Waals surface area (Å²) in [7, 11) is -3.62. The molecular formula is C13H19N5O2S. The van der Waals surface area contributed by atoms with E-state index in [0.29, 0.717) is 0 Å². The predicted octanol–water partition coefficient (Wildman–Crippen LogP) is 1.54. The van der Waals surface area contributed by atoms with Crippen molar-refractivity contribution in [2.45, 2.75) is 50.2 Å². The van der Waals surface area contributed by atoms with Gasteiger partial charge in [-0.1, -0.05) is 0 Å². The number of H-pyrrole nitrogens is 1. The van der Waals surface area contributed by atoms with Crippen LogP contribution in [-0.2, 0) is 16.4 Å². The van der Waals surface area contributed by atoms with Crippen molar-refractivity contribution in [3.05, 3.63) is 30.0 Å². The standard InChI is InChI=1S/C13H19N5O2S/c1-9(2)18-7-12(14-8-18)21(19,20)17-11-5-3-4-10-6-15-16-13(10)11/h6-9,11,17H,3-5H2,1-2H3,(H,15,16)/t11-/m1/s1. The van der Waals surface area contributed by atoms with Crippen molar-refractivity contribution in [1.29, 1.82) is 0 Å². The van der Waals surface area contributed by atoms with Crippen LogP contribution >= 0.6 is 0 Å². The van der Waals surface area contributed by atoms with E-state index in [-0.39, 0.29) is 17.1 Å². The van der Waals surface area contributed by atoms with Gasteiger partial charge in [0.25, 0.3) is 10.0 Å². The molecule has 0 amide bonds. The number of aromatic amines is 1. The lowest BCUT2D eigenvalue weighted by Crippen LogP contribution is -2.31. The maximum Gasteiger partial charge on any atom is 0.260 e. The molecule has 7 nitrogen and oxygen atoms in total. The summed E-state index contributed by atoms with van der Waals surface area (Å²) in [4.78, 5) is 4.00. The average Bonchev–Trinajstić information content (AvgIpc) is 3.08. The van der Waals surface area contributed by atoms with E-state index in [9.17, 15) is 8.42 Å². The minimum Gasteiger partial charge on any atom is -0.334 e. The van der Waals surface area contributed by atoms with E-state index in [0.717, 1.165) is 30.5 Å². The van der Waals surface area contributed by atoms with Crippen molar-refractivity contribution >= 4 is 10.0 Å².